The normalized spacial score (nSPS) is 11.4. The first-order valence-electron chi connectivity index (χ1n) is 7.46. The Morgan fingerprint density at radius 2 is 1.81 bits per heavy atom. The molecule has 0 aliphatic rings. The summed E-state index contributed by atoms with van der Waals surface area (Å²) in [5, 5.41) is 10.7. The van der Waals surface area contributed by atoms with Crippen LogP contribution in [-0.2, 0) is 15.7 Å². The number of hydrogen-bond donors (Lipinski definition) is 0. The second kappa shape index (κ2) is 8.26. The number of alkyl halides is 3. The molecule has 0 unspecified atom stereocenters. The topological polar surface area (TPSA) is 86.5 Å². The van der Waals surface area contributed by atoms with Crippen molar-refractivity contribution in [2.24, 2.45) is 0 Å². The van der Waals surface area contributed by atoms with Gasteiger partial charge in [0, 0.05) is 23.8 Å². The second-order valence-electron chi connectivity index (χ2n) is 5.29. The van der Waals surface area contributed by atoms with Gasteiger partial charge in [0.05, 0.1) is 10.5 Å². The molecule has 140 valence electrons. The van der Waals surface area contributed by atoms with Gasteiger partial charge in [-0.05, 0) is 23.8 Å². The molecule has 0 aliphatic carbocycles. The lowest BCUT2D eigenvalue weighted by atomic mass is 10.1. The van der Waals surface area contributed by atoms with E-state index >= 15 is 0 Å². The van der Waals surface area contributed by atoms with Gasteiger partial charge >= 0.3 is 12.1 Å². The third kappa shape index (κ3) is 5.77. The Morgan fingerprint density at radius 3 is 2.48 bits per heavy atom. The molecule has 0 heterocycles. The minimum absolute atomic E-state index is 0.162. The molecule has 2 rings (SSSR count). The Morgan fingerprint density at radius 1 is 1.11 bits per heavy atom. The van der Waals surface area contributed by atoms with Gasteiger partial charge in [-0.2, -0.15) is 13.2 Å². The molecule has 2 aromatic rings. The van der Waals surface area contributed by atoms with Crippen LogP contribution in [0.5, 0.6) is 0 Å². The Balaban J connectivity index is 1.96. The van der Waals surface area contributed by atoms with E-state index in [-0.39, 0.29) is 11.3 Å². The van der Waals surface area contributed by atoms with Gasteiger partial charge in [-0.25, -0.2) is 4.79 Å². The van der Waals surface area contributed by atoms with Crippen molar-refractivity contribution in [3.63, 3.8) is 0 Å². The van der Waals surface area contributed by atoms with Crippen molar-refractivity contribution in [2.45, 2.75) is 6.18 Å². The van der Waals surface area contributed by atoms with Gasteiger partial charge in [0.15, 0.2) is 12.4 Å². The molecule has 0 bridgehead atoms. The molecule has 0 amide bonds. The van der Waals surface area contributed by atoms with Crippen LogP contribution in [-0.4, -0.2) is 23.3 Å². The SMILES string of the molecule is O=C(/C=C/c1cccc([N+](=O)[O-])c1)OCC(=O)c1cccc(C(F)(F)F)c1. The Bertz CT molecular complexity index is 906. The number of nitro benzene ring substituents is 1. The molecule has 0 saturated heterocycles. The minimum atomic E-state index is -4.59. The van der Waals surface area contributed by atoms with Gasteiger partial charge in [-0.1, -0.05) is 24.3 Å². The zero-order valence-corrected chi connectivity index (χ0v) is 13.6. The minimum Gasteiger partial charge on any atom is -0.454 e. The van der Waals surface area contributed by atoms with Gasteiger partial charge in [0.25, 0.3) is 5.69 Å². The van der Waals surface area contributed by atoms with Gasteiger partial charge < -0.3 is 4.74 Å². The number of non-ortho nitro benzene ring substituents is 1. The molecule has 0 N–H and O–H groups in total. The summed E-state index contributed by atoms with van der Waals surface area (Å²) in [4.78, 5) is 33.6. The number of Topliss-reactive ketones (excluding diaryl/α,β-unsaturated/α-hetero) is 1. The molecule has 0 aromatic heterocycles. The van der Waals surface area contributed by atoms with E-state index in [1.807, 2.05) is 0 Å². The number of rotatable bonds is 6. The average molecular weight is 379 g/mol. The molecule has 0 radical (unpaired) electrons. The van der Waals surface area contributed by atoms with Crippen molar-refractivity contribution < 1.29 is 32.4 Å². The van der Waals surface area contributed by atoms with E-state index in [4.69, 9.17) is 4.74 Å². The maximum Gasteiger partial charge on any atom is 0.416 e. The van der Waals surface area contributed by atoms with Crippen molar-refractivity contribution in [2.75, 3.05) is 6.61 Å². The lowest BCUT2D eigenvalue weighted by Crippen LogP contribution is -2.14. The standard InChI is InChI=1S/C18H12F3NO5/c19-18(20,21)14-5-2-4-13(10-14)16(23)11-27-17(24)8-7-12-3-1-6-15(9-12)22(25)26/h1-10H,11H2/b8-7+. The first-order chi connectivity index (χ1) is 12.7. The monoisotopic (exact) mass is 379 g/mol. The second-order valence-corrected chi connectivity index (χ2v) is 5.29. The van der Waals surface area contributed by atoms with Crippen molar-refractivity contribution in [3.05, 3.63) is 81.4 Å². The largest absolute Gasteiger partial charge is 0.454 e. The highest BCUT2D eigenvalue weighted by atomic mass is 19.4. The third-order valence-corrected chi connectivity index (χ3v) is 3.35. The summed E-state index contributed by atoms with van der Waals surface area (Å²) in [6.45, 7) is -0.737. The van der Waals surface area contributed by atoms with Gasteiger partial charge in [0.1, 0.15) is 0 Å². The number of carbonyl (C=O) groups is 2. The molecule has 0 saturated carbocycles. The zero-order valence-electron chi connectivity index (χ0n) is 13.6. The number of benzene rings is 2. The van der Waals surface area contributed by atoms with Crippen LogP contribution in [0.3, 0.4) is 0 Å². The lowest BCUT2D eigenvalue weighted by Gasteiger charge is -2.08. The average Bonchev–Trinajstić information content (AvgIpc) is 2.64. The summed E-state index contributed by atoms with van der Waals surface area (Å²) in [7, 11) is 0. The molecule has 9 heteroatoms. The molecule has 27 heavy (non-hydrogen) atoms. The van der Waals surface area contributed by atoms with E-state index in [9.17, 15) is 32.9 Å². The predicted octanol–water partition coefficient (Wildman–Crippen LogP) is 4.05. The molecule has 0 spiro atoms. The summed E-state index contributed by atoms with van der Waals surface area (Å²) >= 11 is 0. The fourth-order valence-electron chi connectivity index (χ4n) is 2.04. The molecule has 0 fully saturated rings. The maximum atomic E-state index is 12.6. The summed E-state index contributed by atoms with van der Waals surface area (Å²) in [5.41, 5.74) is -1.01. The van der Waals surface area contributed by atoms with Gasteiger partial charge in [-0.15, -0.1) is 0 Å². The van der Waals surface area contributed by atoms with Crippen LogP contribution in [0.4, 0.5) is 18.9 Å². The summed E-state index contributed by atoms with van der Waals surface area (Å²) in [5.74, 6) is -1.71. The zero-order chi connectivity index (χ0) is 20.0. The van der Waals surface area contributed by atoms with Crippen LogP contribution >= 0.6 is 0 Å². The van der Waals surface area contributed by atoms with E-state index < -0.39 is 35.0 Å². The van der Waals surface area contributed by atoms with Crippen LogP contribution in [0, 0.1) is 10.1 Å². The molecule has 0 atom stereocenters. The summed E-state index contributed by atoms with van der Waals surface area (Å²) in [6, 6.07) is 9.23. The van der Waals surface area contributed by atoms with E-state index in [0.717, 1.165) is 18.2 Å². The summed E-state index contributed by atoms with van der Waals surface area (Å²) in [6.07, 6.45) is -2.38. The number of nitro groups is 1. The first kappa shape index (κ1) is 19.8. The fourth-order valence-corrected chi connectivity index (χ4v) is 2.04. The molecule has 0 aliphatic heterocycles. The van der Waals surface area contributed by atoms with Crippen LogP contribution < -0.4 is 0 Å². The van der Waals surface area contributed by atoms with E-state index in [0.29, 0.717) is 11.6 Å². The maximum absolute atomic E-state index is 12.6. The smallest absolute Gasteiger partial charge is 0.416 e. The number of halogens is 3. The first-order valence-corrected chi connectivity index (χ1v) is 7.46. The quantitative estimate of drug-likeness (QED) is 0.248. The van der Waals surface area contributed by atoms with Gasteiger partial charge in [0.2, 0.25) is 0 Å². The highest BCUT2D eigenvalue weighted by Crippen LogP contribution is 2.29. The molecule has 6 nitrogen and oxygen atoms in total. The fraction of sp³-hybridized carbons (Fsp3) is 0.111. The highest BCUT2D eigenvalue weighted by Gasteiger charge is 2.30. The number of ketones is 1. The van der Waals surface area contributed by atoms with Crippen LogP contribution in [0.2, 0.25) is 0 Å². The number of esters is 1. The van der Waals surface area contributed by atoms with Crippen molar-refractivity contribution in [1.29, 1.82) is 0 Å². The third-order valence-electron chi connectivity index (χ3n) is 3.35. The van der Waals surface area contributed by atoms with Crippen LogP contribution in [0.15, 0.2) is 54.6 Å². The van der Waals surface area contributed by atoms with Crippen LogP contribution in [0.1, 0.15) is 21.5 Å². The summed E-state index contributed by atoms with van der Waals surface area (Å²) < 4.78 is 42.6. The molecular formula is C18H12F3NO5. The Kier molecular flexibility index (Phi) is 6.07. The van der Waals surface area contributed by atoms with E-state index in [2.05, 4.69) is 0 Å². The van der Waals surface area contributed by atoms with Crippen molar-refractivity contribution in [3.8, 4) is 0 Å². The Hall–Kier alpha value is -3.49. The predicted molar refractivity (Wildman–Crippen MR) is 88.9 cm³/mol. The Labute approximate surface area is 151 Å². The van der Waals surface area contributed by atoms with Crippen molar-refractivity contribution in [1.82, 2.24) is 0 Å². The lowest BCUT2D eigenvalue weighted by molar-refractivity contribution is -0.384. The van der Waals surface area contributed by atoms with Gasteiger partial charge in [-0.3, -0.25) is 14.9 Å². The molecular weight excluding hydrogens is 367 g/mol. The number of hydrogen-bond acceptors (Lipinski definition) is 5. The van der Waals surface area contributed by atoms with Crippen LogP contribution in [0.25, 0.3) is 6.08 Å². The van der Waals surface area contributed by atoms with Crippen molar-refractivity contribution >= 4 is 23.5 Å². The van der Waals surface area contributed by atoms with E-state index in [1.165, 1.54) is 36.4 Å². The van der Waals surface area contributed by atoms with E-state index in [1.54, 1.807) is 0 Å². The number of ether oxygens (including phenoxy) is 1. The number of carbonyl (C=O) groups excluding carboxylic acids is 2. The molecule has 2 aromatic carbocycles. The number of nitrogens with zero attached hydrogens (tertiary/aromatic N) is 1. The highest BCUT2D eigenvalue weighted by molar-refractivity contribution is 5.99.